The van der Waals surface area contributed by atoms with Gasteiger partial charge in [0.1, 0.15) is 18.2 Å². The Morgan fingerprint density at radius 2 is 2.20 bits per heavy atom. The maximum absolute atomic E-state index is 5.92. The van der Waals surface area contributed by atoms with Crippen LogP contribution in [0.3, 0.4) is 0 Å². The number of ether oxygens (including phenoxy) is 1. The van der Waals surface area contributed by atoms with E-state index in [1.807, 2.05) is 18.2 Å². The van der Waals surface area contributed by atoms with Crippen molar-refractivity contribution in [2.24, 2.45) is 5.73 Å². The summed E-state index contributed by atoms with van der Waals surface area (Å²) in [7, 11) is 0. The van der Waals surface area contributed by atoms with Crippen LogP contribution in [0, 0.1) is 0 Å². The maximum atomic E-state index is 5.92. The molecule has 0 atom stereocenters. The molecule has 106 valence electrons. The van der Waals surface area contributed by atoms with E-state index in [0.717, 1.165) is 40.4 Å². The van der Waals surface area contributed by atoms with Crippen molar-refractivity contribution < 1.29 is 4.74 Å². The Morgan fingerprint density at radius 3 is 3.05 bits per heavy atom. The highest BCUT2D eigenvalue weighted by molar-refractivity contribution is 9.10. The minimum Gasteiger partial charge on any atom is -0.484 e. The van der Waals surface area contributed by atoms with Crippen LogP contribution in [-0.2, 0) is 26.1 Å². The van der Waals surface area contributed by atoms with Crippen LogP contribution in [0.5, 0.6) is 5.75 Å². The highest BCUT2D eigenvalue weighted by Crippen LogP contribution is 2.29. The van der Waals surface area contributed by atoms with E-state index in [-0.39, 0.29) is 0 Å². The summed E-state index contributed by atoms with van der Waals surface area (Å²) in [5.41, 5.74) is 6.73. The number of halogens is 1. The normalized spacial score (nSPS) is 14.1. The molecule has 6 heteroatoms. The topological polar surface area (TPSA) is 66.0 Å². The van der Waals surface area contributed by atoms with Crippen LogP contribution in [0.15, 0.2) is 22.7 Å². The predicted octanol–water partition coefficient (Wildman–Crippen LogP) is 2.41. The molecule has 0 amide bonds. The second kappa shape index (κ2) is 5.93. The van der Waals surface area contributed by atoms with Crippen LogP contribution < -0.4 is 10.5 Å². The Morgan fingerprint density at radius 1 is 1.30 bits per heavy atom. The van der Waals surface area contributed by atoms with Crippen LogP contribution in [0.4, 0.5) is 0 Å². The number of hydrogen-bond acceptors (Lipinski definition) is 4. The highest BCUT2D eigenvalue weighted by Gasteiger charge is 2.16. The summed E-state index contributed by atoms with van der Waals surface area (Å²) >= 11 is 3.50. The van der Waals surface area contributed by atoms with Crippen LogP contribution in [0.1, 0.15) is 30.1 Å². The van der Waals surface area contributed by atoms with Gasteiger partial charge in [0.25, 0.3) is 0 Å². The van der Waals surface area contributed by atoms with E-state index in [4.69, 9.17) is 10.5 Å². The van der Waals surface area contributed by atoms with Crippen molar-refractivity contribution >= 4 is 15.9 Å². The first-order valence-electron chi connectivity index (χ1n) is 6.81. The molecule has 0 aliphatic carbocycles. The Labute approximate surface area is 126 Å². The Balaban J connectivity index is 1.79. The first-order valence-corrected chi connectivity index (χ1v) is 7.60. The zero-order valence-corrected chi connectivity index (χ0v) is 12.8. The third-order valence-corrected chi connectivity index (χ3v) is 4.17. The molecule has 1 aliphatic rings. The van der Waals surface area contributed by atoms with Crippen molar-refractivity contribution in [1.29, 1.82) is 0 Å². The fraction of sp³-hybridized carbons (Fsp3) is 0.429. The summed E-state index contributed by atoms with van der Waals surface area (Å²) in [5, 5.41) is 8.47. The molecule has 20 heavy (non-hydrogen) atoms. The number of hydrogen-bond donors (Lipinski definition) is 1. The summed E-state index contributed by atoms with van der Waals surface area (Å²) < 4.78 is 9.00. The largest absolute Gasteiger partial charge is 0.484 e. The third kappa shape index (κ3) is 2.58. The van der Waals surface area contributed by atoms with E-state index in [9.17, 15) is 0 Å². The lowest BCUT2D eigenvalue weighted by atomic mass is 10.2. The predicted molar refractivity (Wildman–Crippen MR) is 79.3 cm³/mol. The van der Waals surface area contributed by atoms with Gasteiger partial charge in [0.15, 0.2) is 5.82 Å². The molecule has 0 spiro atoms. The quantitative estimate of drug-likeness (QED) is 0.931. The van der Waals surface area contributed by atoms with E-state index in [2.05, 4.69) is 30.7 Å². The van der Waals surface area contributed by atoms with Gasteiger partial charge in [0.2, 0.25) is 0 Å². The van der Waals surface area contributed by atoms with E-state index in [0.29, 0.717) is 13.2 Å². The number of nitrogens with zero attached hydrogens (tertiary/aromatic N) is 3. The maximum Gasteiger partial charge on any atom is 0.171 e. The number of para-hydroxylation sites is 1. The highest BCUT2D eigenvalue weighted by atomic mass is 79.9. The van der Waals surface area contributed by atoms with Gasteiger partial charge in [-0.15, -0.1) is 10.2 Å². The first kappa shape index (κ1) is 13.6. The molecule has 2 heterocycles. The summed E-state index contributed by atoms with van der Waals surface area (Å²) in [6.07, 6.45) is 3.39. The minimum absolute atomic E-state index is 0.419. The van der Waals surface area contributed by atoms with Gasteiger partial charge in [-0.2, -0.15) is 0 Å². The molecule has 2 N–H and O–H groups in total. The average molecular weight is 337 g/mol. The van der Waals surface area contributed by atoms with Gasteiger partial charge in [0, 0.05) is 25.1 Å². The lowest BCUT2D eigenvalue weighted by molar-refractivity contribution is 0.281. The summed E-state index contributed by atoms with van der Waals surface area (Å²) in [6, 6.07) is 5.88. The van der Waals surface area contributed by atoms with E-state index >= 15 is 0 Å². The molecule has 0 unspecified atom stereocenters. The standard InChI is InChI=1S/C14H17BrN4O/c15-11-5-3-4-10(8-16)14(11)20-9-13-18-17-12-6-1-2-7-19(12)13/h3-5H,1-2,6-9,16H2. The van der Waals surface area contributed by atoms with Crippen molar-refractivity contribution in [3.05, 3.63) is 39.9 Å². The minimum atomic E-state index is 0.419. The van der Waals surface area contributed by atoms with Gasteiger partial charge in [-0.05, 0) is 34.8 Å². The van der Waals surface area contributed by atoms with Gasteiger partial charge in [-0.25, -0.2) is 0 Å². The fourth-order valence-corrected chi connectivity index (χ4v) is 3.01. The number of aromatic nitrogens is 3. The van der Waals surface area contributed by atoms with Crippen LogP contribution in [0.2, 0.25) is 0 Å². The molecular weight excluding hydrogens is 320 g/mol. The van der Waals surface area contributed by atoms with Crippen molar-refractivity contribution in [3.63, 3.8) is 0 Å². The molecule has 0 radical (unpaired) electrons. The number of fused-ring (bicyclic) bond motifs is 1. The molecule has 0 bridgehead atoms. The summed E-state index contributed by atoms with van der Waals surface area (Å²) in [4.78, 5) is 0. The second-order valence-electron chi connectivity index (χ2n) is 4.86. The van der Waals surface area contributed by atoms with Crippen molar-refractivity contribution in [1.82, 2.24) is 14.8 Å². The number of aryl methyl sites for hydroxylation is 1. The Hall–Kier alpha value is -1.40. The molecule has 3 rings (SSSR count). The van der Waals surface area contributed by atoms with Gasteiger partial charge in [-0.3, -0.25) is 0 Å². The van der Waals surface area contributed by atoms with Crippen molar-refractivity contribution in [3.8, 4) is 5.75 Å². The monoisotopic (exact) mass is 336 g/mol. The van der Waals surface area contributed by atoms with Crippen LogP contribution in [-0.4, -0.2) is 14.8 Å². The van der Waals surface area contributed by atoms with Gasteiger partial charge >= 0.3 is 0 Å². The molecule has 0 saturated carbocycles. The Bertz CT molecular complexity index is 611. The lowest BCUT2D eigenvalue weighted by Gasteiger charge is -2.16. The number of nitrogens with two attached hydrogens (primary N) is 1. The fourth-order valence-electron chi connectivity index (χ4n) is 2.49. The summed E-state index contributed by atoms with van der Waals surface area (Å²) in [5.74, 6) is 2.75. The molecule has 1 aliphatic heterocycles. The molecular formula is C14H17BrN4O. The molecule has 5 nitrogen and oxygen atoms in total. The van der Waals surface area contributed by atoms with Gasteiger partial charge in [-0.1, -0.05) is 12.1 Å². The van der Waals surface area contributed by atoms with E-state index < -0.39 is 0 Å². The van der Waals surface area contributed by atoms with Crippen molar-refractivity contribution in [2.45, 2.75) is 39.0 Å². The SMILES string of the molecule is NCc1cccc(Br)c1OCc1nnc2n1CCCC2. The Kier molecular flexibility index (Phi) is 4.03. The number of rotatable bonds is 4. The van der Waals surface area contributed by atoms with Gasteiger partial charge < -0.3 is 15.0 Å². The molecule has 1 aromatic heterocycles. The lowest BCUT2D eigenvalue weighted by Crippen LogP contribution is -2.15. The summed E-state index contributed by atoms with van der Waals surface area (Å²) in [6.45, 7) is 1.86. The molecule has 0 fully saturated rings. The van der Waals surface area contributed by atoms with E-state index in [1.54, 1.807) is 0 Å². The van der Waals surface area contributed by atoms with Crippen LogP contribution >= 0.6 is 15.9 Å². The van der Waals surface area contributed by atoms with Crippen molar-refractivity contribution in [2.75, 3.05) is 0 Å². The zero-order chi connectivity index (χ0) is 13.9. The van der Waals surface area contributed by atoms with Gasteiger partial charge in [0.05, 0.1) is 4.47 Å². The molecule has 1 aromatic carbocycles. The molecule has 0 saturated heterocycles. The zero-order valence-electron chi connectivity index (χ0n) is 11.2. The van der Waals surface area contributed by atoms with Crippen LogP contribution in [0.25, 0.3) is 0 Å². The third-order valence-electron chi connectivity index (χ3n) is 3.55. The molecule has 2 aromatic rings. The first-order chi connectivity index (χ1) is 9.79. The second-order valence-corrected chi connectivity index (χ2v) is 5.72. The average Bonchev–Trinajstić information content (AvgIpc) is 2.89. The number of benzene rings is 1. The van der Waals surface area contributed by atoms with E-state index in [1.165, 1.54) is 12.8 Å². The smallest absolute Gasteiger partial charge is 0.171 e.